The molecule has 0 radical (unpaired) electrons. The molecule has 1 aliphatic carbocycles. The fraction of sp³-hybridized carbons (Fsp3) is 0.462. The van der Waals surface area contributed by atoms with Crippen molar-refractivity contribution in [1.29, 1.82) is 0 Å². The minimum Gasteiger partial charge on any atom is -0.477 e. The summed E-state index contributed by atoms with van der Waals surface area (Å²) in [4.78, 5) is 4.20. The van der Waals surface area contributed by atoms with E-state index in [-0.39, 0.29) is 0 Å². The molecule has 3 heteroatoms. The molecule has 0 fully saturated rings. The average Bonchev–Trinajstić information content (AvgIpc) is 2.30. The Morgan fingerprint density at radius 2 is 2.25 bits per heavy atom. The number of rotatable bonds is 3. The van der Waals surface area contributed by atoms with Gasteiger partial charge >= 0.3 is 0 Å². The third kappa shape index (κ3) is 2.85. The molecule has 2 unspecified atom stereocenters. The maximum absolute atomic E-state index is 5.75. The van der Waals surface area contributed by atoms with E-state index in [0.29, 0.717) is 17.7 Å². The topological polar surface area (TPSA) is 22.1 Å². The Bertz CT molecular complexity index is 378. The fourth-order valence-corrected chi connectivity index (χ4v) is 2.27. The summed E-state index contributed by atoms with van der Waals surface area (Å²) in [5, 5.41) is 0. The summed E-state index contributed by atoms with van der Waals surface area (Å²) < 4.78 is 6.68. The fourth-order valence-electron chi connectivity index (χ4n) is 1.90. The standard InChI is InChI=1S/C13H16BrNO/c1-10-5-2-3-6-11(10)9-16-13-12(14)7-4-8-15-13/h2-4,7-8,10-11H,5-6,9H2,1H3. The third-order valence-corrected chi connectivity index (χ3v) is 3.68. The summed E-state index contributed by atoms with van der Waals surface area (Å²) in [5.74, 6) is 2.01. The molecule has 0 bridgehead atoms. The van der Waals surface area contributed by atoms with Gasteiger partial charge < -0.3 is 4.74 Å². The van der Waals surface area contributed by atoms with Crippen LogP contribution >= 0.6 is 15.9 Å². The minimum atomic E-state index is 0.610. The molecule has 1 aromatic heterocycles. The van der Waals surface area contributed by atoms with E-state index in [1.165, 1.54) is 0 Å². The first-order chi connectivity index (χ1) is 7.77. The summed E-state index contributed by atoms with van der Waals surface area (Å²) in [5.41, 5.74) is 0. The summed E-state index contributed by atoms with van der Waals surface area (Å²) in [6, 6.07) is 3.84. The largest absolute Gasteiger partial charge is 0.477 e. The SMILES string of the molecule is CC1CC=CCC1COc1ncccc1Br. The first-order valence-electron chi connectivity index (χ1n) is 5.65. The predicted octanol–water partition coefficient (Wildman–Crippen LogP) is 3.83. The highest BCUT2D eigenvalue weighted by Gasteiger charge is 2.19. The molecule has 0 saturated heterocycles. The molecule has 2 rings (SSSR count). The summed E-state index contributed by atoms with van der Waals surface area (Å²) in [7, 11) is 0. The maximum atomic E-state index is 5.75. The van der Waals surface area contributed by atoms with Crippen LogP contribution in [0.2, 0.25) is 0 Å². The summed E-state index contributed by atoms with van der Waals surface area (Å²) >= 11 is 3.43. The van der Waals surface area contributed by atoms with Crippen LogP contribution in [-0.2, 0) is 0 Å². The zero-order valence-corrected chi connectivity index (χ0v) is 11.0. The van der Waals surface area contributed by atoms with Crippen molar-refractivity contribution in [2.75, 3.05) is 6.61 Å². The molecular weight excluding hydrogens is 266 g/mol. The molecule has 2 nitrogen and oxygen atoms in total. The molecule has 0 saturated carbocycles. The van der Waals surface area contributed by atoms with Crippen molar-refractivity contribution in [2.45, 2.75) is 19.8 Å². The smallest absolute Gasteiger partial charge is 0.227 e. The van der Waals surface area contributed by atoms with E-state index in [9.17, 15) is 0 Å². The Hall–Kier alpha value is -0.830. The van der Waals surface area contributed by atoms with Gasteiger partial charge in [-0.1, -0.05) is 19.1 Å². The van der Waals surface area contributed by atoms with Crippen LogP contribution in [0.5, 0.6) is 5.88 Å². The molecule has 1 aliphatic rings. The second kappa shape index (κ2) is 5.48. The van der Waals surface area contributed by atoms with Gasteiger partial charge in [0.1, 0.15) is 0 Å². The highest BCUT2D eigenvalue weighted by Crippen LogP contribution is 2.27. The van der Waals surface area contributed by atoms with Crippen molar-refractivity contribution in [3.05, 3.63) is 35.0 Å². The molecule has 0 aromatic carbocycles. The van der Waals surface area contributed by atoms with Crippen LogP contribution in [-0.4, -0.2) is 11.6 Å². The molecule has 16 heavy (non-hydrogen) atoms. The molecule has 0 spiro atoms. The van der Waals surface area contributed by atoms with Gasteiger partial charge in [-0.3, -0.25) is 0 Å². The van der Waals surface area contributed by atoms with E-state index in [0.717, 1.165) is 23.9 Å². The average molecular weight is 282 g/mol. The Kier molecular flexibility index (Phi) is 3.99. The zero-order valence-electron chi connectivity index (χ0n) is 9.40. The van der Waals surface area contributed by atoms with Gasteiger partial charge in [0.25, 0.3) is 0 Å². The second-order valence-electron chi connectivity index (χ2n) is 4.28. The summed E-state index contributed by atoms with van der Waals surface area (Å²) in [6.07, 6.45) is 8.55. The lowest BCUT2D eigenvalue weighted by Gasteiger charge is -2.25. The number of allylic oxidation sites excluding steroid dienone is 2. The van der Waals surface area contributed by atoms with E-state index in [1.807, 2.05) is 12.1 Å². The number of nitrogens with zero attached hydrogens (tertiary/aromatic N) is 1. The number of halogens is 1. The highest BCUT2D eigenvalue weighted by molar-refractivity contribution is 9.10. The number of pyridine rings is 1. The molecular formula is C13H16BrNO. The van der Waals surface area contributed by atoms with E-state index in [2.05, 4.69) is 40.0 Å². The van der Waals surface area contributed by atoms with Crippen molar-refractivity contribution in [1.82, 2.24) is 4.98 Å². The highest BCUT2D eigenvalue weighted by atomic mass is 79.9. The van der Waals surface area contributed by atoms with Crippen LogP contribution in [0.25, 0.3) is 0 Å². The Morgan fingerprint density at radius 1 is 1.44 bits per heavy atom. The Morgan fingerprint density at radius 3 is 3.00 bits per heavy atom. The molecule has 1 aromatic rings. The van der Waals surface area contributed by atoms with Gasteiger partial charge in [0, 0.05) is 6.20 Å². The van der Waals surface area contributed by atoms with Gasteiger partial charge in [0.2, 0.25) is 5.88 Å². The normalized spacial score (nSPS) is 24.4. The van der Waals surface area contributed by atoms with Gasteiger partial charge in [-0.25, -0.2) is 4.98 Å². The maximum Gasteiger partial charge on any atom is 0.227 e. The van der Waals surface area contributed by atoms with Crippen molar-refractivity contribution in [3.63, 3.8) is 0 Å². The minimum absolute atomic E-state index is 0.610. The van der Waals surface area contributed by atoms with Crippen molar-refractivity contribution in [2.24, 2.45) is 11.8 Å². The van der Waals surface area contributed by atoms with E-state index >= 15 is 0 Å². The van der Waals surface area contributed by atoms with Crippen molar-refractivity contribution >= 4 is 15.9 Å². The first-order valence-corrected chi connectivity index (χ1v) is 6.45. The zero-order chi connectivity index (χ0) is 11.4. The van der Waals surface area contributed by atoms with Crippen molar-refractivity contribution in [3.8, 4) is 5.88 Å². The van der Waals surface area contributed by atoms with E-state index in [1.54, 1.807) is 6.20 Å². The lowest BCUT2D eigenvalue weighted by Crippen LogP contribution is -2.21. The second-order valence-corrected chi connectivity index (χ2v) is 5.14. The summed E-state index contributed by atoms with van der Waals surface area (Å²) in [6.45, 7) is 3.03. The lowest BCUT2D eigenvalue weighted by atomic mass is 9.85. The lowest BCUT2D eigenvalue weighted by molar-refractivity contribution is 0.192. The number of ether oxygens (including phenoxy) is 1. The van der Waals surface area contributed by atoms with E-state index in [4.69, 9.17) is 4.74 Å². The van der Waals surface area contributed by atoms with Gasteiger partial charge in [-0.2, -0.15) is 0 Å². The molecule has 0 aliphatic heterocycles. The Labute approximate surface area is 105 Å². The van der Waals surface area contributed by atoms with Crippen LogP contribution in [0.4, 0.5) is 0 Å². The monoisotopic (exact) mass is 281 g/mol. The van der Waals surface area contributed by atoms with Crippen LogP contribution in [0, 0.1) is 11.8 Å². The number of hydrogen-bond acceptors (Lipinski definition) is 2. The van der Waals surface area contributed by atoms with Crippen LogP contribution in [0.1, 0.15) is 19.8 Å². The van der Waals surface area contributed by atoms with Gasteiger partial charge in [0.05, 0.1) is 11.1 Å². The predicted molar refractivity (Wildman–Crippen MR) is 68.5 cm³/mol. The van der Waals surface area contributed by atoms with Gasteiger partial charge in [-0.15, -0.1) is 0 Å². The first kappa shape index (κ1) is 11.6. The van der Waals surface area contributed by atoms with E-state index < -0.39 is 0 Å². The third-order valence-electron chi connectivity index (χ3n) is 3.08. The van der Waals surface area contributed by atoms with Crippen molar-refractivity contribution < 1.29 is 4.74 Å². The Balaban J connectivity index is 1.92. The van der Waals surface area contributed by atoms with Gasteiger partial charge in [0.15, 0.2) is 0 Å². The van der Waals surface area contributed by atoms with Crippen LogP contribution < -0.4 is 4.74 Å². The number of hydrogen-bond donors (Lipinski definition) is 0. The number of aromatic nitrogens is 1. The quantitative estimate of drug-likeness (QED) is 0.786. The van der Waals surface area contributed by atoms with Gasteiger partial charge in [-0.05, 0) is 52.7 Å². The van der Waals surface area contributed by atoms with Crippen LogP contribution in [0.3, 0.4) is 0 Å². The molecule has 1 heterocycles. The molecule has 0 N–H and O–H groups in total. The molecule has 2 atom stereocenters. The molecule has 86 valence electrons. The van der Waals surface area contributed by atoms with Crippen LogP contribution in [0.15, 0.2) is 35.0 Å². The molecule has 0 amide bonds.